The monoisotopic (exact) mass is 413 g/mol. The topological polar surface area (TPSA) is 68.0 Å². The van der Waals surface area contributed by atoms with E-state index in [1.165, 1.54) is 11.1 Å². The lowest BCUT2D eigenvalue weighted by Crippen LogP contribution is -2.50. The van der Waals surface area contributed by atoms with Gasteiger partial charge in [-0.3, -0.25) is 9.69 Å². The molecule has 2 aliphatic rings. The van der Waals surface area contributed by atoms with Gasteiger partial charge in [0.1, 0.15) is 0 Å². The van der Waals surface area contributed by atoms with Crippen molar-refractivity contribution in [1.82, 2.24) is 15.0 Å². The molecule has 3 heterocycles. The highest BCUT2D eigenvalue weighted by molar-refractivity contribution is 5.91. The van der Waals surface area contributed by atoms with Gasteiger partial charge in [-0.15, -0.1) is 0 Å². The average molecular weight is 414 g/mol. The summed E-state index contributed by atoms with van der Waals surface area (Å²) in [7, 11) is 3.34. The number of amides is 1. The van der Waals surface area contributed by atoms with Crippen molar-refractivity contribution in [3.63, 3.8) is 0 Å². The molecule has 4 rings (SSSR count). The van der Waals surface area contributed by atoms with Crippen LogP contribution in [0.3, 0.4) is 0 Å². The van der Waals surface area contributed by atoms with Gasteiger partial charge in [0.2, 0.25) is 5.76 Å². The molecule has 0 radical (unpaired) electrons. The van der Waals surface area contributed by atoms with Crippen LogP contribution in [0.15, 0.2) is 22.7 Å². The molecule has 0 spiro atoms. The number of methoxy groups -OCH3 is 2. The van der Waals surface area contributed by atoms with Gasteiger partial charge in [-0.1, -0.05) is 19.0 Å². The first-order valence-electron chi connectivity index (χ1n) is 10.7. The molecule has 0 aliphatic carbocycles. The summed E-state index contributed by atoms with van der Waals surface area (Å²) in [5.74, 6) is 2.09. The lowest BCUT2D eigenvalue weighted by Gasteiger charge is -2.41. The van der Waals surface area contributed by atoms with Crippen molar-refractivity contribution < 1.29 is 18.8 Å². The largest absolute Gasteiger partial charge is 0.493 e. The zero-order chi connectivity index (χ0) is 21.3. The maximum atomic E-state index is 13.0. The summed E-state index contributed by atoms with van der Waals surface area (Å²) in [5, 5.41) is 4.04. The predicted molar refractivity (Wildman–Crippen MR) is 113 cm³/mol. The van der Waals surface area contributed by atoms with E-state index in [1.807, 2.05) is 18.7 Å². The third kappa shape index (κ3) is 4.03. The van der Waals surface area contributed by atoms with Crippen LogP contribution in [0.25, 0.3) is 0 Å². The minimum atomic E-state index is -0.0529. The third-order valence-electron chi connectivity index (χ3n) is 6.28. The molecule has 0 bridgehead atoms. The maximum Gasteiger partial charge on any atom is 0.292 e. The molecule has 1 unspecified atom stereocenters. The SMILES string of the molecule is COc1cc2c(cc1OC)CN(C1CCCN(C(=O)c3cc(C(C)C)no3)C1)CC2. The Bertz CT molecular complexity index is 908. The van der Waals surface area contributed by atoms with Gasteiger partial charge in [-0.05, 0) is 48.4 Å². The number of piperidine rings is 1. The fraction of sp³-hybridized carbons (Fsp3) is 0.565. The van der Waals surface area contributed by atoms with E-state index < -0.39 is 0 Å². The summed E-state index contributed by atoms with van der Waals surface area (Å²) < 4.78 is 16.3. The number of hydrogen-bond donors (Lipinski definition) is 0. The van der Waals surface area contributed by atoms with Crippen LogP contribution in [0.5, 0.6) is 11.5 Å². The fourth-order valence-electron chi connectivity index (χ4n) is 4.47. The van der Waals surface area contributed by atoms with Crippen LogP contribution in [0.2, 0.25) is 0 Å². The van der Waals surface area contributed by atoms with E-state index in [0.29, 0.717) is 11.8 Å². The van der Waals surface area contributed by atoms with Crippen LogP contribution >= 0.6 is 0 Å². The smallest absolute Gasteiger partial charge is 0.292 e. The van der Waals surface area contributed by atoms with Gasteiger partial charge in [0.05, 0.1) is 19.9 Å². The Hall–Kier alpha value is -2.54. The first kappa shape index (κ1) is 20.7. The highest BCUT2D eigenvalue weighted by Crippen LogP contribution is 2.34. The second kappa shape index (κ2) is 8.68. The highest BCUT2D eigenvalue weighted by atomic mass is 16.5. The van der Waals surface area contributed by atoms with Crippen molar-refractivity contribution in [2.45, 2.75) is 51.6 Å². The number of nitrogens with zero attached hydrogens (tertiary/aromatic N) is 3. The van der Waals surface area contributed by atoms with E-state index in [2.05, 4.69) is 22.2 Å². The van der Waals surface area contributed by atoms with Crippen molar-refractivity contribution >= 4 is 5.91 Å². The van der Waals surface area contributed by atoms with Crippen LogP contribution in [0.4, 0.5) is 0 Å². The number of likely N-dealkylation sites (tertiary alicyclic amines) is 1. The summed E-state index contributed by atoms with van der Waals surface area (Å²) in [6.07, 6.45) is 3.07. The van der Waals surface area contributed by atoms with Gasteiger partial charge in [0, 0.05) is 38.3 Å². The number of aromatic nitrogens is 1. The quantitative estimate of drug-likeness (QED) is 0.748. The minimum Gasteiger partial charge on any atom is -0.493 e. The molecule has 2 aromatic rings. The average Bonchev–Trinajstić information content (AvgIpc) is 3.28. The molecule has 7 nitrogen and oxygen atoms in total. The standard InChI is InChI=1S/C23H31N3O4/c1-15(2)19-12-22(30-24-19)23(27)26-8-5-6-18(14-26)25-9-7-16-10-20(28-3)21(29-4)11-17(16)13-25/h10-12,15,18H,5-9,13-14H2,1-4H3. The van der Waals surface area contributed by atoms with E-state index in [9.17, 15) is 4.79 Å². The maximum absolute atomic E-state index is 13.0. The number of benzene rings is 1. The first-order chi connectivity index (χ1) is 14.5. The van der Waals surface area contributed by atoms with Crippen LogP contribution in [0.1, 0.15) is 60.0 Å². The molecule has 1 atom stereocenters. The number of fused-ring (bicyclic) bond motifs is 1. The Labute approximate surface area is 177 Å². The summed E-state index contributed by atoms with van der Waals surface area (Å²) in [6, 6.07) is 6.32. The van der Waals surface area contributed by atoms with E-state index in [0.717, 1.165) is 62.6 Å². The van der Waals surface area contributed by atoms with Crippen LogP contribution < -0.4 is 9.47 Å². The number of rotatable bonds is 5. The van der Waals surface area contributed by atoms with Gasteiger partial charge in [-0.2, -0.15) is 0 Å². The normalized spacial score (nSPS) is 19.6. The second-order valence-electron chi connectivity index (χ2n) is 8.51. The molecule has 0 N–H and O–H groups in total. The predicted octanol–water partition coefficient (Wildman–Crippen LogP) is 3.48. The van der Waals surface area contributed by atoms with E-state index in [-0.39, 0.29) is 11.8 Å². The molecule has 1 amide bonds. The van der Waals surface area contributed by atoms with Crippen LogP contribution in [-0.4, -0.2) is 60.8 Å². The molecule has 1 aromatic heterocycles. The van der Waals surface area contributed by atoms with Gasteiger partial charge in [0.15, 0.2) is 11.5 Å². The summed E-state index contributed by atoms with van der Waals surface area (Å²) in [6.45, 7) is 7.42. The molecule has 162 valence electrons. The summed E-state index contributed by atoms with van der Waals surface area (Å²) in [4.78, 5) is 17.4. The lowest BCUT2D eigenvalue weighted by atomic mass is 9.95. The lowest BCUT2D eigenvalue weighted by molar-refractivity contribution is 0.0513. The molecule has 7 heteroatoms. The molecule has 1 fully saturated rings. The van der Waals surface area contributed by atoms with Crippen molar-refractivity contribution in [2.24, 2.45) is 0 Å². The minimum absolute atomic E-state index is 0.0529. The third-order valence-corrected chi connectivity index (χ3v) is 6.28. The van der Waals surface area contributed by atoms with Gasteiger partial charge < -0.3 is 18.9 Å². The van der Waals surface area contributed by atoms with Crippen molar-refractivity contribution in [1.29, 1.82) is 0 Å². The molecule has 30 heavy (non-hydrogen) atoms. The zero-order valence-corrected chi connectivity index (χ0v) is 18.3. The van der Waals surface area contributed by atoms with Gasteiger partial charge >= 0.3 is 0 Å². The number of ether oxygens (including phenoxy) is 2. The van der Waals surface area contributed by atoms with Crippen molar-refractivity contribution in [3.8, 4) is 11.5 Å². The van der Waals surface area contributed by atoms with E-state index >= 15 is 0 Å². The number of carbonyl (C=O) groups excluding carboxylic acids is 1. The van der Waals surface area contributed by atoms with Crippen molar-refractivity contribution in [3.05, 3.63) is 40.8 Å². The number of hydrogen-bond acceptors (Lipinski definition) is 6. The molecule has 1 saturated heterocycles. The molecule has 1 aromatic carbocycles. The molecule has 2 aliphatic heterocycles. The first-order valence-corrected chi connectivity index (χ1v) is 10.7. The van der Waals surface area contributed by atoms with Crippen LogP contribution in [-0.2, 0) is 13.0 Å². The Balaban J connectivity index is 1.45. The van der Waals surface area contributed by atoms with Crippen molar-refractivity contribution in [2.75, 3.05) is 33.9 Å². The zero-order valence-electron chi connectivity index (χ0n) is 18.3. The summed E-state index contributed by atoms with van der Waals surface area (Å²) in [5.41, 5.74) is 3.42. The fourth-order valence-corrected chi connectivity index (χ4v) is 4.47. The Morgan fingerprint density at radius 3 is 2.53 bits per heavy atom. The molecular formula is C23H31N3O4. The van der Waals surface area contributed by atoms with E-state index in [4.69, 9.17) is 14.0 Å². The van der Waals surface area contributed by atoms with Gasteiger partial charge in [0.25, 0.3) is 5.91 Å². The highest BCUT2D eigenvalue weighted by Gasteiger charge is 2.32. The Kier molecular flexibility index (Phi) is 5.99. The van der Waals surface area contributed by atoms with Gasteiger partial charge in [-0.25, -0.2) is 0 Å². The van der Waals surface area contributed by atoms with E-state index in [1.54, 1.807) is 20.3 Å². The molecular weight excluding hydrogens is 382 g/mol. The van der Waals surface area contributed by atoms with Crippen LogP contribution in [0, 0.1) is 0 Å². The summed E-state index contributed by atoms with van der Waals surface area (Å²) >= 11 is 0. The Morgan fingerprint density at radius 2 is 1.87 bits per heavy atom. The second-order valence-corrected chi connectivity index (χ2v) is 8.51. The molecule has 0 saturated carbocycles. The Morgan fingerprint density at radius 1 is 1.13 bits per heavy atom. The number of carbonyl (C=O) groups is 1.